The molecule has 0 radical (unpaired) electrons. The van der Waals surface area contributed by atoms with Crippen molar-refractivity contribution in [3.05, 3.63) is 64.8 Å². The molecule has 6 rings (SSSR count). The van der Waals surface area contributed by atoms with Gasteiger partial charge in [-0.1, -0.05) is 66.2 Å². The van der Waals surface area contributed by atoms with Crippen molar-refractivity contribution in [1.82, 2.24) is 30.1 Å². The minimum absolute atomic E-state index is 0.0703. The van der Waals surface area contributed by atoms with Gasteiger partial charge < -0.3 is 44.7 Å². The summed E-state index contributed by atoms with van der Waals surface area (Å²) in [5.74, 6) is -3.30. The summed E-state index contributed by atoms with van der Waals surface area (Å²) in [5, 5.41) is 24.1. The number of hydrogen-bond acceptors (Lipinski definition) is 14. The molecule has 3 aliphatic heterocycles. The smallest absolute Gasteiger partial charge is 0.410 e. The summed E-state index contributed by atoms with van der Waals surface area (Å²) < 4.78 is 34.8. The Hall–Kier alpha value is -3.97. The number of nitrogens with one attached hydrogen (secondary N) is 1. The summed E-state index contributed by atoms with van der Waals surface area (Å²) in [5.41, 5.74) is 6.87. The van der Waals surface area contributed by atoms with Gasteiger partial charge in [0.15, 0.2) is 17.7 Å². The molecule has 4 N–H and O–H groups in total. The van der Waals surface area contributed by atoms with Crippen LogP contribution in [0.3, 0.4) is 0 Å². The molecule has 3 fully saturated rings. The second-order valence-corrected chi connectivity index (χ2v) is 20.4. The third kappa shape index (κ3) is 11.6. The first-order valence-electron chi connectivity index (χ1n) is 23.5. The molecule has 66 heavy (non-hydrogen) atoms. The quantitative estimate of drug-likeness (QED) is 0.0751. The number of nitrogens with zero attached hydrogens (tertiary/aromatic N) is 5. The number of cyclic esters (lactones) is 1. The molecule has 2 unspecified atom stereocenters. The van der Waals surface area contributed by atoms with Crippen molar-refractivity contribution >= 4 is 39.5 Å². The topological polar surface area (TPSA) is 193 Å². The number of aryl methyl sites for hydroxylation is 1. The van der Waals surface area contributed by atoms with Crippen molar-refractivity contribution in [2.24, 2.45) is 17.8 Å². The molecule has 3 saturated heterocycles. The van der Waals surface area contributed by atoms with Crippen LogP contribution >= 0.6 is 15.9 Å². The van der Waals surface area contributed by atoms with Gasteiger partial charge >= 0.3 is 12.1 Å². The minimum Gasteiger partial charge on any atom is -0.458 e. The summed E-state index contributed by atoms with van der Waals surface area (Å²) >= 11 is 3.65. The first kappa shape index (κ1) is 51.4. The van der Waals surface area contributed by atoms with Crippen molar-refractivity contribution in [3.8, 4) is 11.3 Å². The van der Waals surface area contributed by atoms with Crippen molar-refractivity contribution < 1.29 is 43.2 Å². The Morgan fingerprint density at radius 3 is 2.45 bits per heavy atom. The molecule has 1 aromatic heterocycles. The highest BCUT2D eigenvalue weighted by Gasteiger charge is 2.59. The molecule has 4 heterocycles. The molecule has 17 heteroatoms. The molecule has 0 bridgehead atoms. The summed E-state index contributed by atoms with van der Waals surface area (Å²) in [6.07, 6.45) is 0.413. The Balaban J connectivity index is 1.33. The molecule has 3 aromatic rings. The van der Waals surface area contributed by atoms with E-state index < -0.39 is 71.5 Å². The predicted molar refractivity (Wildman–Crippen MR) is 254 cm³/mol. The van der Waals surface area contributed by atoms with E-state index in [0.29, 0.717) is 63.8 Å². The van der Waals surface area contributed by atoms with Crippen LogP contribution in [0.5, 0.6) is 0 Å². The highest BCUT2D eigenvalue weighted by Crippen LogP contribution is 2.41. The van der Waals surface area contributed by atoms with E-state index in [0.717, 1.165) is 21.3 Å². The Morgan fingerprint density at radius 2 is 1.77 bits per heavy atom. The van der Waals surface area contributed by atoms with E-state index in [1.54, 1.807) is 30.5 Å². The largest absolute Gasteiger partial charge is 0.458 e. The zero-order valence-electron chi connectivity index (χ0n) is 40.3. The molecular formula is C49H72BrN7O9. The van der Waals surface area contributed by atoms with Crippen molar-refractivity contribution in [3.63, 3.8) is 0 Å². The Bertz CT molecular complexity index is 2130. The molecule has 0 aliphatic carbocycles. The fourth-order valence-corrected chi connectivity index (χ4v) is 10.8. The molecule has 364 valence electrons. The molecule has 0 saturated carbocycles. The number of carbonyl (C=O) groups excluding carboxylic acids is 3. The van der Waals surface area contributed by atoms with Gasteiger partial charge in [-0.3, -0.25) is 19.2 Å². The number of anilines is 1. The highest BCUT2D eigenvalue weighted by atomic mass is 79.9. The summed E-state index contributed by atoms with van der Waals surface area (Å²) in [6, 6.07) is 14.3. The van der Waals surface area contributed by atoms with Crippen LogP contribution in [0.15, 0.2) is 59.2 Å². The van der Waals surface area contributed by atoms with Crippen molar-refractivity contribution in [2.45, 2.75) is 154 Å². The van der Waals surface area contributed by atoms with E-state index in [4.69, 9.17) is 29.4 Å². The SMILES string of the molecule is CC[C@@H]1OC(=O)[C@H](C)C(=O)[C@H](C)[C@@H](O[C@@H]2O[C@H](C)CC(N(C)C)C2O)[C@](C)(OC)C[C@@H](C)CN[C@H](Cc2cccc(Br)c2)[C@H]2N(CCCCn3cc(-c4cccc(N)c4)nn3)C(=O)O[C@]12C. The third-order valence-corrected chi connectivity index (χ3v) is 14.5. The standard InChI is InChI=1S/C49H72BrN7O9/c1-11-40-49(7)43(57(47(61)66-49)21-13-12-20-56-28-38(53-54-56)34-17-15-19-36(51)25-34)37(24-33-16-14-18-35(50)23-33)52-27-29(2)26-48(6,62-10)44(31(4)41(58)32(5)45(60)64-40)65-46-42(59)39(55(8)9)22-30(3)63-46/h14-19,23,25,28-32,37,39-40,42-44,46,52,59H,11-13,20-22,24,26-27,51H2,1-10H3/t29-,30-,31+,32-,37-,39?,40+,42?,43-,44-,46+,48-,49-/m1/s1. The van der Waals surface area contributed by atoms with Gasteiger partial charge in [0.2, 0.25) is 0 Å². The highest BCUT2D eigenvalue weighted by molar-refractivity contribution is 9.10. The van der Waals surface area contributed by atoms with Crippen LogP contribution in [-0.4, -0.2) is 142 Å². The van der Waals surface area contributed by atoms with Gasteiger partial charge in [0, 0.05) is 53.9 Å². The van der Waals surface area contributed by atoms with Crippen molar-refractivity contribution in [2.75, 3.05) is 40.0 Å². The van der Waals surface area contributed by atoms with E-state index in [1.165, 1.54) is 0 Å². The number of carbonyl (C=O) groups is 3. The summed E-state index contributed by atoms with van der Waals surface area (Å²) in [7, 11) is 5.40. The van der Waals surface area contributed by atoms with Crippen LogP contribution < -0.4 is 11.1 Å². The number of ketones is 1. The number of esters is 1. The van der Waals surface area contributed by atoms with Crippen LogP contribution in [0.2, 0.25) is 0 Å². The van der Waals surface area contributed by atoms with Crippen LogP contribution in [0, 0.1) is 17.8 Å². The van der Waals surface area contributed by atoms with Gasteiger partial charge in [0.25, 0.3) is 0 Å². The molecule has 1 amide bonds. The molecular weight excluding hydrogens is 910 g/mol. The van der Waals surface area contributed by atoms with Crippen molar-refractivity contribution in [1.29, 1.82) is 0 Å². The van der Waals surface area contributed by atoms with Crippen LogP contribution in [0.1, 0.15) is 86.1 Å². The Morgan fingerprint density at radius 1 is 1.05 bits per heavy atom. The van der Waals surface area contributed by atoms with Crippen LogP contribution in [0.25, 0.3) is 11.3 Å². The number of fused-ring (bicyclic) bond motifs is 1. The second kappa shape index (κ2) is 22.0. The lowest BCUT2D eigenvalue weighted by molar-refractivity contribution is -0.295. The van der Waals surface area contributed by atoms with Gasteiger partial charge in [-0.2, -0.15) is 0 Å². The van der Waals surface area contributed by atoms with Gasteiger partial charge in [-0.15, -0.1) is 5.10 Å². The Labute approximate surface area is 398 Å². The van der Waals surface area contributed by atoms with Crippen LogP contribution in [0.4, 0.5) is 10.5 Å². The minimum atomic E-state index is -1.32. The maximum Gasteiger partial charge on any atom is 0.410 e. The molecule has 3 aliphatic rings. The number of methoxy groups -OCH3 is 1. The number of aliphatic hydroxyl groups is 1. The van der Waals surface area contributed by atoms with E-state index >= 15 is 0 Å². The zero-order valence-corrected chi connectivity index (χ0v) is 41.9. The second-order valence-electron chi connectivity index (χ2n) is 19.4. The summed E-state index contributed by atoms with van der Waals surface area (Å²) in [6.45, 7) is 14.4. The lowest BCUT2D eigenvalue weighted by atomic mass is 9.78. The number of rotatable bonds is 13. The van der Waals surface area contributed by atoms with Crippen LogP contribution in [-0.2, 0) is 46.2 Å². The molecule has 16 nitrogen and oxygen atoms in total. The number of halogens is 1. The maximum atomic E-state index is 14.6. The van der Waals surface area contributed by atoms with E-state index in [1.807, 2.05) is 89.3 Å². The lowest BCUT2D eigenvalue weighted by Gasteiger charge is -2.46. The normalized spacial score (nSPS) is 33.8. The number of Topliss-reactive ketones (excluding diaryl/α,β-unsaturated/α-hetero) is 1. The maximum absolute atomic E-state index is 14.6. The summed E-state index contributed by atoms with van der Waals surface area (Å²) in [4.78, 5) is 47.0. The fourth-order valence-electron chi connectivity index (χ4n) is 10.4. The Kier molecular flexibility index (Phi) is 17.1. The number of nitrogens with two attached hydrogens (primary N) is 1. The number of amides is 1. The van der Waals surface area contributed by atoms with E-state index in [2.05, 4.69) is 50.6 Å². The fraction of sp³-hybridized carbons (Fsp3) is 0.653. The number of unbranched alkanes of at least 4 members (excludes halogenated alkanes) is 1. The average Bonchev–Trinajstić information content (AvgIpc) is 3.85. The number of likely N-dealkylation sites (N-methyl/N-ethyl adjacent to an activating group) is 1. The lowest BCUT2D eigenvalue weighted by Crippen LogP contribution is -2.62. The first-order valence-corrected chi connectivity index (χ1v) is 24.3. The molecule has 2 aromatic carbocycles. The number of ether oxygens (including phenoxy) is 5. The molecule has 13 atom stereocenters. The number of aliphatic hydroxyl groups excluding tert-OH is 1. The number of benzene rings is 2. The predicted octanol–water partition coefficient (Wildman–Crippen LogP) is 6.27. The molecule has 0 spiro atoms. The average molecular weight is 983 g/mol. The van der Waals surface area contributed by atoms with Gasteiger partial charge in [-0.05, 0) is 123 Å². The number of hydrogen-bond donors (Lipinski definition) is 3. The monoisotopic (exact) mass is 981 g/mol. The zero-order chi connectivity index (χ0) is 48.1. The van der Waals surface area contributed by atoms with Gasteiger partial charge in [0.05, 0.1) is 30.0 Å². The number of nitrogen functional groups attached to an aromatic ring is 1. The third-order valence-electron chi connectivity index (χ3n) is 14.0. The van der Waals surface area contributed by atoms with Gasteiger partial charge in [-0.25, -0.2) is 4.79 Å². The van der Waals surface area contributed by atoms with E-state index in [-0.39, 0.29) is 24.1 Å². The van der Waals surface area contributed by atoms with E-state index in [9.17, 15) is 19.5 Å². The van der Waals surface area contributed by atoms with Gasteiger partial charge in [0.1, 0.15) is 23.8 Å². The number of aromatic nitrogens is 3. The first-order chi connectivity index (χ1) is 31.3.